The number of nitro groups is 1. The van der Waals surface area contributed by atoms with Crippen LogP contribution in [-0.4, -0.2) is 23.3 Å². The Labute approximate surface area is 139 Å². The van der Waals surface area contributed by atoms with Gasteiger partial charge in [-0.05, 0) is 24.3 Å². The molecule has 0 spiro atoms. The zero-order chi connectivity index (χ0) is 17.1. The predicted octanol–water partition coefficient (Wildman–Crippen LogP) is 2.64. The number of benzene rings is 1. The van der Waals surface area contributed by atoms with Crippen molar-refractivity contribution in [1.82, 2.24) is 0 Å². The molecule has 0 saturated carbocycles. The first-order valence-corrected chi connectivity index (χ1v) is 7.63. The van der Waals surface area contributed by atoms with Crippen molar-refractivity contribution in [1.29, 1.82) is 0 Å². The van der Waals surface area contributed by atoms with Gasteiger partial charge in [0.2, 0.25) is 5.91 Å². The molecule has 0 saturated heterocycles. The number of nitrogens with one attached hydrogen (secondary N) is 2. The Balaban J connectivity index is 1.65. The molecule has 0 aliphatic carbocycles. The highest BCUT2D eigenvalue weighted by molar-refractivity contribution is 7.16. The van der Waals surface area contributed by atoms with Crippen LogP contribution in [0.25, 0.3) is 6.08 Å². The van der Waals surface area contributed by atoms with Crippen LogP contribution in [0.5, 0.6) is 5.75 Å². The number of carbonyl (C=O) groups excluding carboxylic acids is 2. The lowest BCUT2D eigenvalue weighted by Crippen LogP contribution is -2.25. The van der Waals surface area contributed by atoms with Crippen molar-refractivity contribution in [3.8, 4) is 5.75 Å². The van der Waals surface area contributed by atoms with E-state index in [-0.39, 0.29) is 23.4 Å². The Bertz CT molecular complexity index is 859. The largest absolute Gasteiger partial charge is 0.482 e. The minimum absolute atomic E-state index is 0.0175. The number of carbonyl (C=O) groups is 2. The van der Waals surface area contributed by atoms with Gasteiger partial charge in [0.15, 0.2) is 6.61 Å². The van der Waals surface area contributed by atoms with Crippen LogP contribution in [0.2, 0.25) is 0 Å². The van der Waals surface area contributed by atoms with Crippen LogP contribution in [0.4, 0.5) is 16.4 Å². The van der Waals surface area contributed by atoms with Crippen LogP contribution in [-0.2, 0) is 9.59 Å². The Hall–Kier alpha value is -3.20. The van der Waals surface area contributed by atoms with E-state index in [1.54, 1.807) is 24.3 Å². The highest BCUT2D eigenvalue weighted by Gasteiger charge is 2.16. The molecule has 0 unspecified atom stereocenters. The van der Waals surface area contributed by atoms with Gasteiger partial charge in [-0.3, -0.25) is 19.7 Å². The van der Waals surface area contributed by atoms with Gasteiger partial charge in [-0.1, -0.05) is 11.3 Å². The lowest BCUT2D eigenvalue weighted by Gasteiger charge is -2.18. The first-order valence-electron chi connectivity index (χ1n) is 6.81. The minimum atomic E-state index is -0.478. The highest BCUT2D eigenvalue weighted by Crippen LogP contribution is 2.30. The molecule has 8 nitrogen and oxygen atoms in total. The number of ether oxygens (including phenoxy) is 1. The van der Waals surface area contributed by atoms with E-state index in [0.717, 1.165) is 11.3 Å². The molecule has 0 radical (unpaired) electrons. The summed E-state index contributed by atoms with van der Waals surface area (Å²) in [6.07, 6.45) is 2.79. The smallest absolute Gasteiger partial charge is 0.324 e. The van der Waals surface area contributed by atoms with Crippen LogP contribution in [0.1, 0.15) is 4.88 Å². The molecule has 9 heteroatoms. The van der Waals surface area contributed by atoms with Crippen molar-refractivity contribution in [2.45, 2.75) is 0 Å². The Morgan fingerprint density at radius 1 is 1.38 bits per heavy atom. The second-order valence-electron chi connectivity index (χ2n) is 4.80. The van der Waals surface area contributed by atoms with Crippen LogP contribution in [0, 0.1) is 10.1 Å². The quantitative estimate of drug-likeness (QED) is 0.503. The van der Waals surface area contributed by atoms with Gasteiger partial charge in [-0.15, -0.1) is 0 Å². The summed E-state index contributed by atoms with van der Waals surface area (Å²) in [5, 5.41) is 15.9. The van der Waals surface area contributed by atoms with E-state index in [0.29, 0.717) is 22.0 Å². The second kappa shape index (κ2) is 6.50. The summed E-state index contributed by atoms with van der Waals surface area (Å²) in [5.74, 6) is -0.136. The number of rotatable bonds is 4. The van der Waals surface area contributed by atoms with Gasteiger partial charge in [0.1, 0.15) is 5.75 Å². The third-order valence-electron chi connectivity index (χ3n) is 3.07. The van der Waals surface area contributed by atoms with Gasteiger partial charge in [0.05, 0.1) is 10.6 Å². The van der Waals surface area contributed by atoms with Crippen molar-refractivity contribution < 1.29 is 19.2 Å². The number of hydrogen-bond donors (Lipinski definition) is 2. The Morgan fingerprint density at radius 2 is 2.21 bits per heavy atom. The van der Waals surface area contributed by atoms with Crippen molar-refractivity contribution in [3.05, 3.63) is 51.4 Å². The number of anilines is 2. The van der Waals surface area contributed by atoms with Crippen LogP contribution in [0.15, 0.2) is 36.4 Å². The normalized spacial score (nSPS) is 13.1. The zero-order valence-electron chi connectivity index (χ0n) is 12.1. The van der Waals surface area contributed by atoms with E-state index in [2.05, 4.69) is 10.6 Å². The number of nitrogens with zero attached hydrogens (tertiary/aromatic N) is 1. The molecule has 2 aromatic rings. The standard InChI is InChI=1S/C15H11N3O5S/c19-13(5-2-10-3-6-15(24-10)18(21)22)16-9-1-4-11-12(7-9)23-8-14(20)17-11/h1-7H,8H2,(H,16,19)(H,17,20)/b5-2+. The van der Waals surface area contributed by atoms with Crippen molar-refractivity contribution in [2.24, 2.45) is 0 Å². The molecule has 1 aromatic heterocycles. The Kier molecular flexibility index (Phi) is 4.25. The van der Waals surface area contributed by atoms with Crippen molar-refractivity contribution in [2.75, 3.05) is 17.2 Å². The third kappa shape index (κ3) is 3.58. The lowest BCUT2D eigenvalue weighted by molar-refractivity contribution is -0.380. The maximum atomic E-state index is 11.9. The second-order valence-corrected chi connectivity index (χ2v) is 5.90. The van der Waals surface area contributed by atoms with Crippen molar-refractivity contribution in [3.63, 3.8) is 0 Å². The molecular weight excluding hydrogens is 334 g/mol. The first-order chi connectivity index (χ1) is 11.5. The number of hydrogen-bond acceptors (Lipinski definition) is 6. The molecule has 2 N–H and O–H groups in total. The molecule has 1 aliphatic rings. The number of amides is 2. The summed E-state index contributed by atoms with van der Waals surface area (Å²) in [4.78, 5) is 33.8. The molecule has 3 rings (SSSR count). The molecular formula is C15H11N3O5S. The van der Waals surface area contributed by atoms with Gasteiger partial charge < -0.3 is 15.4 Å². The molecule has 2 heterocycles. The minimum Gasteiger partial charge on any atom is -0.482 e. The van der Waals surface area contributed by atoms with E-state index in [4.69, 9.17) is 4.74 Å². The van der Waals surface area contributed by atoms with E-state index in [9.17, 15) is 19.7 Å². The van der Waals surface area contributed by atoms with E-state index >= 15 is 0 Å². The SMILES string of the molecule is O=C(/C=C/c1ccc([N+](=O)[O-])s1)Nc1ccc2c(c1)OCC(=O)N2. The predicted molar refractivity (Wildman–Crippen MR) is 89.2 cm³/mol. The van der Waals surface area contributed by atoms with Crippen LogP contribution >= 0.6 is 11.3 Å². The zero-order valence-corrected chi connectivity index (χ0v) is 13.0. The molecule has 0 fully saturated rings. The lowest BCUT2D eigenvalue weighted by atomic mass is 10.2. The van der Waals surface area contributed by atoms with Crippen LogP contribution < -0.4 is 15.4 Å². The average Bonchev–Trinajstić information content (AvgIpc) is 3.02. The highest BCUT2D eigenvalue weighted by atomic mass is 32.1. The summed E-state index contributed by atoms with van der Waals surface area (Å²) >= 11 is 0.982. The monoisotopic (exact) mass is 345 g/mol. The fraction of sp³-hybridized carbons (Fsp3) is 0.0667. The van der Waals surface area contributed by atoms with E-state index in [1.807, 2.05) is 0 Å². The maximum absolute atomic E-state index is 11.9. The van der Waals surface area contributed by atoms with Gasteiger partial charge in [-0.25, -0.2) is 0 Å². The molecule has 24 heavy (non-hydrogen) atoms. The summed E-state index contributed by atoms with van der Waals surface area (Å²) in [6, 6.07) is 7.83. The fourth-order valence-corrected chi connectivity index (χ4v) is 2.75. The molecule has 0 bridgehead atoms. The fourth-order valence-electron chi connectivity index (χ4n) is 2.02. The molecule has 0 atom stereocenters. The molecule has 2 amide bonds. The summed E-state index contributed by atoms with van der Waals surface area (Å²) in [5.41, 5.74) is 1.06. The van der Waals surface area contributed by atoms with Crippen LogP contribution in [0.3, 0.4) is 0 Å². The Morgan fingerprint density at radius 3 is 2.96 bits per heavy atom. The van der Waals surface area contributed by atoms with E-state index in [1.165, 1.54) is 18.2 Å². The first kappa shape index (κ1) is 15.7. The molecule has 1 aliphatic heterocycles. The summed E-state index contributed by atoms with van der Waals surface area (Å²) in [6.45, 7) is -0.0680. The number of thiophene rings is 1. The van der Waals surface area contributed by atoms with Gasteiger partial charge >= 0.3 is 5.00 Å². The van der Waals surface area contributed by atoms with E-state index < -0.39 is 4.92 Å². The maximum Gasteiger partial charge on any atom is 0.324 e. The van der Waals surface area contributed by atoms with Gasteiger partial charge in [-0.2, -0.15) is 0 Å². The summed E-state index contributed by atoms with van der Waals surface area (Å²) in [7, 11) is 0. The molecule has 1 aromatic carbocycles. The molecule has 122 valence electrons. The van der Waals surface area contributed by atoms with Gasteiger partial charge in [0.25, 0.3) is 5.91 Å². The topological polar surface area (TPSA) is 111 Å². The number of fused-ring (bicyclic) bond motifs is 1. The average molecular weight is 345 g/mol. The van der Waals surface area contributed by atoms with Crippen molar-refractivity contribution >= 4 is 45.6 Å². The summed E-state index contributed by atoms with van der Waals surface area (Å²) < 4.78 is 5.27. The third-order valence-corrected chi connectivity index (χ3v) is 4.08. The van der Waals surface area contributed by atoms with Gasteiger partial charge in [0, 0.05) is 28.8 Å².